The van der Waals surface area contributed by atoms with E-state index in [0.29, 0.717) is 22.5 Å². The van der Waals surface area contributed by atoms with Crippen LogP contribution in [0.15, 0.2) is 51.7 Å². The minimum Gasteiger partial charge on any atom is -0.490 e. The summed E-state index contributed by atoms with van der Waals surface area (Å²) < 4.78 is 20.0. The molecule has 0 aliphatic heterocycles. The van der Waals surface area contributed by atoms with Gasteiger partial charge in [-0.3, -0.25) is 10.1 Å². The summed E-state index contributed by atoms with van der Waals surface area (Å²) in [5.74, 6) is 0.0454. The Bertz CT molecular complexity index is 1170. The lowest BCUT2D eigenvalue weighted by atomic mass is 10.1. The number of ether oxygens (including phenoxy) is 2. The normalized spacial score (nSPS) is 11.0. The second-order valence-corrected chi connectivity index (χ2v) is 7.93. The molecule has 0 aliphatic carbocycles. The number of anilines is 1. The van der Waals surface area contributed by atoms with Crippen molar-refractivity contribution in [1.29, 1.82) is 5.26 Å². The number of nitriles is 1. The van der Waals surface area contributed by atoms with Gasteiger partial charge < -0.3 is 13.9 Å². The van der Waals surface area contributed by atoms with Crippen LogP contribution in [0.5, 0.6) is 11.5 Å². The van der Waals surface area contributed by atoms with Gasteiger partial charge in [0, 0.05) is 11.5 Å². The highest BCUT2D eigenvalue weighted by Gasteiger charge is 2.17. The fourth-order valence-electron chi connectivity index (χ4n) is 2.44. The van der Waals surface area contributed by atoms with Crippen molar-refractivity contribution in [1.82, 2.24) is 9.36 Å². The summed E-state index contributed by atoms with van der Waals surface area (Å²) in [7, 11) is 0. The standard InChI is InChI=1S/C21H18N4O5S2/c1-3-28-17-11-13(7-8-15(17)30-19(27)16-6-5-9-29-16)10-14(12-22)18(26)23-20-24-21(25-32-20)31-4-2/h5-11H,3-4H2,1-2H3,(H,23,24,25,26). The molecule has 2 aromatic heterocycles. The van der Waals surface area contributed by atoms with Gasteiger partial charge in [-0.1, -0.05) is 24.8 Å². The number of rotatable bonds is 9. The summed E-state index contributed by atoms with van der Waals surface area (Å²) in [4.78, 5) is 28.8. The van der Waals surface area contributed by atoms with Crippen LogP contribution in [0.1, 0.15) is 30.0 Å². The number of amides is 1. The maximum Gasteiger partial charge on any atom is 0.379 e. The van der Waals surface area contributed by atoms with Crippen LogP contribution >= 0.6 is 23.3 Å². The average molecular weight is 471 g/mol. The highest BCUT2D eigenvalue weighted by atomic mass is 32.2. The number of nitrogens with zero attached hydrogens (tertiary/aromatic N) is 3. The number of carbonyl (C=O) groups is 2. The van der Waals surface area contributed by atoms with Gasteiger partial charge in [-0.15, -0.1) is 0 Å². The zero-order valence-corrected chi connectivity index (χ0v) is 18.8. The van der Waals surface area contributed by atoms with Crippen molar-refractivity contribution >= 4 is 46.4 Å². The molecule has 9 nitrogen and oxygen atoms in total. The lowest BCUT2D eigenvalue weighted by molar-refractivity contribution is -0.112. The van der Waals surface area contributed by atoms with Crippen molar-refractivity contribution in [2.75, 3.05) is 17.7 Å². The molecule has 1 amide bonds. The summed E-state index contributed by atoms with van der Waals surface area (Å²) in [5, 5.41) is 12.9. The van der Waals surface area contributed by atoms with E-state index in [1.165, 1.54) is 36.2 Å². The molecule has 164 valence electrons. The van der Waals surface area contributed by atoms with Crippen LogP contribution in [0.3, 0.4) is 0 Å². The Balaban J connectivity index is 1.78. The first-order chi connectivity index (χ1) is 15.5. The second-order valence-electron chi connectivity index (χ2n) is 5.95. The van der Waals surface area contributed by atoms with E-state index in [1.807, 2.05) is 13.0 Å². The van der Waals surface area contributed by atoms with E-state index in [2.05, 4.69) is 14.7 Å². The van der Waals surface area contributed by atoms with Gasteiger partial charge in [-0.05, 0) is 48.6 Å². The predicted octanol–water partition coefficient (Wildman–Crippen LogP) is 4.41. The monoisotopic (exact) mass is 470 g/mol. The molecular formula is C21H18N4O5S2. The maximum absolute atomic E-state index is 12.5. The SMILES string of the molecule is CCOc1cc(C=C(C#N)C(=O)Nc2nc(SCC)ns2)ccc1OC(=O)c1ccco1. The molecule has 0 atom stereocenters. The van der Waals surface area contributed by atoms with E-state index in [4.69, 9.17) is 13.9 Å². The number of furan rings is 1. The van der Waals surface area contributed by atoms with Gasteiger partial charge in [0.1, 0.15) is 11.6 Å². The van der Waals surface area contributed by atoms with Crippen molar-refractivity contribution < 1.29 is 23.5 Å². The van der Waals surface area contributed by atoms with Crippen LogP contribution in [0.25, 0.3) is 6.08 Å². The van der Waals surface area contributed by atoms with Gasteiger partial charge in [-0.2, -0.15) is 14.6 Å². The molecule has 11 heteroatoms. The van der Waals surface area contributed by atoms with Crippen molar-refractivity contribution in [2.45, 2.75) is 19.0 Å². The summed E-state index contributed by atoms with van der Waals surface area (Å²) in [6.45, 7) is 4.07. The third-order valence-electron chi connectivity index (χ3n) is 3.77. The first-order valence-corrected chi connectivity index (χ1v) is 11.2. The Hall–Kier alpha value is -3.62. The van der Waals surface area contributed by atoms with E-state index in [-0.39, 0.29) is 22.8 Å². The Morgan fingerprint density at radius 3 is 2.84 bits per heavy atom. The van der Waals surface area contributed by atoms with Crippen LogP contribution in [0.2, 0.25) is 0 Å². The van der Waals surface area contributed by atoms with Crippen molar-refractivity contribution in [2.24, 2.45) is 0 Å². The number of aromatic nitrogens is 2. The van der Waals surface area contributed by atoms with Gasteiger partial charge in [0.2, 0.25) is 16.0 Å². The van der Waals surface area contributed by atoms with Gasteiger partial charge >= 0.3 is 5.97 Å². The molecule has 3 aromatic rings. The molecule has 0 fully saturated rings. The van der Waals surface area contributed by atoms with Crippen molar-refractivity contribution in [3.05, 3.63) is 53.5 Å². The molecule has 0 bridgehead atoms. The van der Waals surface area contributed by atoms with Gasteiger partial charge in [-0.25, -0.2) is 4.79 Å². The zero-order chi connectivity index (χ0) is 22.9. The zero-order valence-electron chi connectivity index (χ0n) is 17.2. The highest BCUT2D eigenvalue weighted by molar-refractivity contribution is 7.99. The molecule has 1 aromatic carbocycles. The van der Waals surface area contributed by atoms with Gasteiger partial charge in [0.25, 0.3) is 5.91 Å². The van der Waals surface area contributed by atoms with Gasteiger partial charge in [0.05, 0.1) is 12.9 Å². The van der Waals surface area contributed by atoms with Gasteiger partial charge in [0.15, 0.2) is 11.5 Å². The second kappa shape index (κ2) is 11.1. The van der Waals surface area contributed by atoms with Crippen LogP contribution in [-0.4, -0.2) is 33.6 Å². The molecule has 0 saturated carbocycles. The Morgan fingerprint density at radius 2 is 2.16 bits per heavy atom. The van der Waals surface area contributed by atoms with E-state index in [0.717, 1.165) is 17.3 Å². The number of nitrogens with one attached hydrogen (secondary N) is 1. The van der Waals surface area contributed by atoms with Crippen molar-refractivity contribution in [3.63, 3.8) is 0 Å². The fourth-order valence-corrected chi connectivity index (χ4v) is 3.71. The molecule has 0 radical (unpaired) electrons. The molecule has 0 spiro atoms. The predicted molar refractivity (Wildman–Crippen MR) is 120 cm³/mol. The average Bonchev–Trinajstić information content (AvgIpc) is 3.46. The minimum atomic E-state index is -0.672. The lowest BCUT2D eigenvalue weighted by Gasteiger charge is -2.11. The largest absolute Gasteiger partial charge is 0.490 e. The van der Waals surface area contributed by atoms with Crippen LogP contribution in [0.4, 0.5) is 5.13 Å². The third kappa shape index (κ3) is 5.96. The third-order valence-corrected chi connectivity index (χ3v) is 5.25. The van der Waals surface area contributed by atoms with E-state index in [1.54, 1.807) is 25.1 Å². The summed E-state index contributed by atoms with van der Waals surface area (Å²) in [5.41, 5.74) is 0.380. The fraction of sp³-hybridized carbons (Fsp3) is 0.190. The molecule has 0 saturated heterocycles. The van der Waals surface area contributed by atoms with Crippen LogP contribution in [-0.2, 0) is 4.79 Å². The molecule has 0 unspecified atom stereocenters. The molecule has 1 N–H and O–H groups in total. The minimum absolute atomic E-state index is 0.0528. The topological polar surface area (TPSA) is 127 Å². The molecule has 0 aliphatic rings. The molecule has 32 heavy (non-hydrogen) atoms. The first-order valence-electron chi connectivity index (χ1n) is 9.46. The highest BCUT2D eigenvalue weighted by Crippen LogP contribution is 2.30. The Kier molecular flexibility index (Phi) is 8.02. The van der Waals surface area contributed by atoms with Crippen LogP contribution in [0, 0.1) is 11.3 Å². The van der Waals surface area contributed by atoms with E-state index >= 15 is 0 Å². The summed E-state index contributed by atoms with van der Waals surface area (Å²) in [6, 6.07) is 9.63. The van der Waals surface area contributed by atoms with E-state index in [9.17, 15) is 14.9 Å². The first kappa shape index (κ1) is 23.1. The summed E-state index contributed by atoms with van der Waals surface area (Å²) >= 11 is 2.49. The Labute approximate surface area is 192 Å². The smallest absolute Gasteiger partial charge is 0.379 e. The number of hydrogen-bond donors (Lipinski definition) is 1. The molecule has 3 rings (SSSR count). The summed E-state index contributed by atoms with van der Waals surface area (Å²) in [6.07, 6.45) is 2.77. The number of benzene rings is 1. The maximum atomic E-state index is 12.5. The Morgan fingerprint density at radius 1 is 1.31 bits per heavy atom. The number of carbonyl (C=O) groups excluding carboxylic acids is 2. The van der Waals surface area contributed by atoms with E-state index < -0.39 is 11.9 Å². The molecular weight excluding hydrogens is 452 g/mol. The van der Waals surface area contributed by atoms with Crippen molar-refractivity contribution in [3.8, 4) is 17.6 Å². The molecule has 2 heterocycles. The number of hydrogen-bond acceptors (Lipinski definition) is 10. The lowest BCUT2D eigenvalue weighted by Crippen LogP contribution is -2.13. The quantitative estimate of drug-likeness (QED) is 0.159. The van der Waals surface area contributed by atoms with Crippen LogP contribution < -0.4 is 14.8 Å². The number of thioether (sulfide) groups is 1. The number of esters is 1.